The summed E-state index contributed by atoms with van der Waals surface area (Å²) in [7, 11) is 0. The molecule has 2 aromatic carbocycles. The Bertz CT molecular complexity index is 703. The zero-order chi connectivity index (χ0) is 18.1. The van der Waals surface area contributed by atoms with Crippen molar-refractivity contribution >= 4 is 29.9 Å². The minimum Gasteiger partial charge on any atom is -0.508 e. The third-order valence-electron chi connectivity index (χ3n) is 3.67. The molecule has 0 saturated carbocycles. The summed E-state index contributed by atoms with van der Waals surface area (Å²) in [6, 6.07) is 13.3. The van der Waals surface area contributed by atoms with E-state index in [0.29, 0.717) is 19.7 Å². The molecule has 0 radical (unpaired) electrons. The molecule has 0 aromatic heterocycles. The Morgan fingerprint density at radius 3 is 2.46 bits per heavy atom. The van der Waals surface area contributed by atoms with Crippen LogP contribution in [0.15, 0.2) is 47.5 Å². The number of nitrogens with one attached hydrogen (secondary N) is 2. The van der Waals surface area contributed by atoms with E-state index in [0.717, 1.165) is 29.4 Å². The fraction of sp³-hybridized carbons (Fsp3) is 0.350. The van der Waals surface area contributed by atoms with E-state index in [4.69, 9.17) is 4.74 Å². The first kappa shape index (κ1) is 22.1. The van der Waals surface area contributed by atoms with Crippen LogP contribution >= 0.6 is 24.0 Å². The highest BCUT2D eigenvalue weighted by Gasteiger charge is 2.05. The first-order valence-electron chi connectivity index (χ1n) is 8.64. The molecule has 3 N–H and O–H groups in total. The van der Waals surface area contributed by atoms with Gasteiger partial charge in [-0.2, -0.15) is 0 Å². The van der Waals surface area contributed by atoms with Crippen molar-refractivity contribution in [3.63, 3.8) is 0 Å². The third kappa shape index (κ3) is 7.11. The van der Waals surface area contributed by atoms with Crippen LogP contribution < -0.4 is 15.4 Å². The first-order chi connectivity index (χ1) is 12.1. The molecule has 0 atom stereocenters. The standard InChI is InChI=1S/C20H27N3O2.HI/c1-4-21-20(22-13-16-7-10-18(24)11-8-16)23-14-17-9-6-15(3)12-19(17)25-5-2;/h6-12,24H,4-5,13-14H2,1-3H3,(H2,21,22,23);1H. The van der Waals surface area contributed by atoms with Crippen LogP contribution in [0.25, 0.3) is 0 Å². The van der Waals surface area contributed by atoms with Gasteiger partial charge < -0.3 is 20.5 Å². The van der Waals surface area contributed by atoms with Gasteiger partial charge in [0.2, 0.25) is 0 Å². The molecule has 0 aliphatic heterocycles. The Kier molecular flexibility index (Phi) is 9.87. The summed E-state index contributed by atoms with van der Waals surface area (Å²) in [5.41, 5.74) is 3.32. The Hall–Kier alpha value is -1.96. The molecular weight excluding hydrogens is 441 g/mol. The van der Waals surface area contributed by atoms with E-state index in [1.54, 1.807) is 12.1 Å². The number of hydrogen-bond donors (Lipinski definition) is 3. The molecule has 0 saturated heterocycles. The number of rotatable bonds is 7. The molecule has 0 bridgehead atoms. The van der Waals surface area contributed by atoms with E-state index < -0.39 is 0 Å². The second-order valence-electron chi connectivity index (χ2n) is 5.76. The SMILES string of the molecule is CCNC(=NCc1ccc(O)cc1)NCc1ccc(C)cc1OCC.I. The fourth-order valence-electron chi connectivity index (χ4n) is 2.39. The van der Waals surface area contributed by atoms with Crippen LogP contribution in [0.1, 0.15) is 30.5 Å². The topological polar surface area (TPSA) is 65.9 Å². The molecule has 0 aliphatic carbocycles. The van der Waals surface area contributed by atoms with E-state index in [1.807, 2.05) is 26.0 Å². The molecule has 0 aliphatic rings. The second-order valence-corrected chi connectivity index (χ2v) is 5.76. The van der Waals surface area contributed by atoms with Crippen molar-refractivity contribution in [1.29, 1.82) is 0 Å². The van der Waals surface area contributed by atoms with Gasteiger partial charge in [0.25, 0.3) is 0 Å². The molecule has 5 nitrogen and oxygen atoms in total. The Labute approximate surface area is 172 Å². The number of phenolic OH excluding ortho intramolecular Hbond substituents is 1. The van der Waals surface area contributed by atoms with Gasteiger partial charge in [0.15, 0.2) is 5.96 Å². The van der Waals surface area contributed by atoms with Crippen molar-refractivity contribution in [2.75, 3.05) is 13.2 Å². The predicted octanol–water partition coefficient (Wildman–Crippen LogP) is 3.97. The van der Waals surface area contributed by atoms with E-state index in [2.05, 4.69) is 40.7 Å². The van der Waals surface area contributed by atoms with Crippen LogP contribution in [0.3, 0.4) is 0 Å². The molecule has 0 fully saturated rings. The van der Waals surface area contributed by atoms with Gasteiger partial charge in [-0.3, -0.25) is 0 Å². The van der Waals surface area contributed by atoms with Gasteiger partial charge >= 0.3 is 0 Å². The number of phenols is 1. The van der Waals surface area contributed by atoms with Crippen LogP contribution in [0.2, 0.25) is 0 Å². The molecule has 142 valence electrons. The quantitative estimate of drug-likeness (QED) is 0.326. The van der Waals surface area contributed by atoms with Crippen LogP contribution in [-0.2, 0) is 13.1 Å². The fourth-order valence-corrected chi connectivity index (χ4v) is 2.39. The lowest BCUT2D eigenvalue weighted by Crippen LogP contribution is -2.36. The summed E-state index contributed by atoms with van der Waals surface area (Å²) in [5, 5.41) is 15.9. The lowest BCUT2D eigenvalue weighted by atomic mass is 10.1. The zero-order valence-corrected chi connectivity index (χ0v) is 17.9. The molecule has 0 amide bonds. The first-order valence-corrected chi connectivity index (χ1v) is 8.64. The highest BCUT2D eigenvalue weighted by Crippen LogP contribution is 2.20. The molecule has 0 spiro atoms. The average Bonchev–Trinajstić information content (AvgIpc) is 2.60. The molecule has 0 unspecified atom stereocenters. The molecule has 2 rings (SSSR count). The Morgan fingerprint density at radius 1 is 1.08 bits per heavy atom. The van der Waals surface area contributed by atoms with Crippen molar-refractivity contribution in [3.8, 4) is 11.5 Å². The van der Waals surface area contributed by atoms with Crippen LogP contribution in [0.4, 0.5) is 0 Å². The summed E-state index contributed by atoms with van der Waals surface area (Å²) in [5.74, 6) is 1.92. The van der Waals surface area contributed by atoms with E-state index in [-0.39, 0.29) is 29.7 Å². The van der Waals surface area contributed by atoms with E-state index in [9.17, 15) is 5.11 Å². The number of aromatic hydroxyl groups is 1. The molecule has 26 heavy (non-hydrogen) atoms. The number of aryl methyl sites for hydroxylation is 1. The molecule has 2 aromatic rings. The van der Waals surface area contributed by atoms with Crippen molar-refractivity contribution in [2.45, 2.75) is 33.9 Å². The Balaban J connectivity index is 0.00000338. The monoisotopic (exact) mass is 469 g/mol. The van der Waals surface area contributed by atoms with Crippen LogP contribution in [0.5, 0.6) is 11.5 Å². The maximum atomic E-state index is 9.35. The lowest BCUT2D eigenvalue weighted by molar-refractivity contribution is 0.336. The average molecular weight is 469 g/mol. The number of halogens is 1. The molecular formula is C20H28IN3O2. The predicted molar refractivity (Wildman–Crippen MR) is 118 cm³/mol. The minimum atomic E-state index is 0. The van der Waals surface area contributed by atoms with Crippen molar-refractivity contribution < 1.29 is 9.84 Å². The number of aliphatic imine (C=N–C) groups is 1. The van der Waals surface area contributed by atoms with Crippen molar-refractivity contribution in [1.82, 2.24) is 10.6 Å². The molecule has 6 heteroatoms. The largest absolute Gasteiger partial charge is 0.508 e. The van der Waals surface area contributed by atoms with Crippen LogP contribution in [-0.4, -0.2) is 24.2 Å². The minimum absolute atomic E-state index is 0. The van der Waals surface area contributed by atoms with Crippen molar-refractivity contribution in [2.24, 2.45) is 4.99 Å². The summed E-state index contributed by atoms with van der Waals surface area (Å²) in [6.45, 7) is 8.69. The second kappa shape index (κ2) is 11.6. The zero-order valence-electron chi connectivity index (χ0n) is 15.6. The summed E-state index contributed by atoms with van der Waals surface area (Å²) < 4.78 is 5.73. The smallest absolute Gasteiger partial charge is 0.191 e. The van der Waals surface area contributed by atoms with E-state index >= 15 is 0 Å². The van der Waals surface area contributed by atoms with Gasteiger partial charge in [-0.15, -0.1) is 24.0 Å². The number of hydrogen-bond acceptors (Lipinski definition) is 3. The van der Waals surface area contributed by atoms with Gasteiger partial charge in [0, 0.05) is 18.7 Å². The van der Waals surface area contributed by atoms with Gasteiger partial charge in [-0.05, 0) is 50.1 Å². The third-order valence-corrected chi connectivity index (χ3v) is 3.67. The number of ether oxygens (including phenoxy) is 1. The summed E-state index contributed by atoms with van der Waals surface area (Å²) in [4.78, 5) is 4.59. The van der Waals surface area contributed by atoms with Crippen LogP contribution in [0, 0.1) is 6.92 Å². The highest BCUT2D eigenvalue weighted by atomic mass is 127. The maximum Gasteiger partial charge on any atom is 0.191 e. The number of nitrogens with zero attached hydrogens (tertiary/aromatic N) is 1. The lowest BCUT2D eigenvalue weighted by Gasteiger charge is -2.15. The van der Waals surface area contributed by atoms with Gasteiger partial charge in [0.05, 0.1) is 13.2 Å². The van der Waals surface area contributed by atoms with Gasteiger partial charge in [-0.1, -0.05) is 24.3 Å². The number of benzene rings is 2. The normalized spacial score (nSPS) is 10.8. The van der Waals surface area contributed by atoms with Crippen molar-refractivity contribution in [3.05, 3.63) is 59.2 Å². The number of guanidine groups is 1. The molecule has 0 heterocycles. The maximum absolute atomic E-state index is 9.35. The highest BCUT2D eigenvalue weighted by molar-refractivity contribution is 14.0. The summed E-state index contributed by atoms with van der Waals surface area (Å²) >= 11 is 0. The Morgan fingerprint density at radius 2 is 1.81 bits per heavy atom. The van der Waals surface area contributed by atoms with Gasteiger partial charge in [0.1, 0.15) is 11.5 Å². The van der Waals surface area contributed by atoms with Gasteiger partial charge in [-0.25, -0.2) is 4.99 Å². The summed E-state index contributed by atoms with van der Waals surface area (Å²) in [6.07, 6.45) is 0. The van der Waals surface area contributed by atoms with E-state index in [1.165, 1.54) is 5.56 Å².